The van der Waals surface area contributed by atoms with E-state index in [4.69, 9.17) is 5.26 Å². The minimum Gasteiger partial charge on any atom is -0.198 e. The van der Waals surface area contributed by atoms with Gasteiger partial charge in [0.1, 0.15) is 0 Å². The second kappa shape index (κ2) is 15.2. The number of hydrogen-bond acceptors (Lipinski definition) is 1. The average molecular weight is 235 g/mol. The van der Waals surface area contributed by atoms with E-state index in [0.717, 1.165) is 12.8 Å². The van der Waals surface area contributed by atoms with E-state index in [-0.39, 0.29) is 0 Å². The first-order valence-corrected chi connectivity index (χ1v) is 7.43. The Morgan fingerprint density at radius 3 is 1.88 bits per heavy atom. The van der Waals surface area contributed by atoms with E-state index in [1.54, 1.807) is 0 Å². The summed E-state index contributed by atoms with van der Waals surface area (Å²) in [6.45, 7) is 2.26. The molecule has 0 radical (unpaired) electrons. The van der Waals surface area contributed by atoms with Crippen LogP contribution in [0.4, 0.5) is 0 Å². The zero-order chi connectivity index (χ0) is 12.6. The molecule has 0 fully saturated rings. The van der Waals surface area contributed by atoms with Gasteiger partial charge in [0.15, 0.2) is 0 Å². The Bertz CT molecular complexity index is 200. The molecule has 0 bridgehead atoms. The molecule has 0 spiro atoms. The van der Waals surface area contributed by atoms with Crippen LogP contribution in [0.15, 0.2) is 12.2 Å². The molecule has 0 aliphatic heterocycles. The van der Waals surface area contributed by atoms with Crippen LogP contribution in [0.25, 0.3) is 0 Å². The summed E-state index contributed by atoms with van der Waals surface area (Å²) in [4.78, 5) is 0. The average Bonchev–Trinajstić information content (AvgIpc) is 2.35. The van der Waals surface area contributed by atoms with Crippen molar-refractivity contribution in [2.75, 3.05) is 0 Å². The zero-order valence-corrected chi connectivity index (χ0v) is 11.6. The highest BCUT2D eigenvalue weighted by Gasteiger charge is 1.89. The Labute approximate surface area is 108 Å². The molecule has 0 unspecified atom stereocenters. The summed E-state index contributed by atoms with van der Waals surface area (Å²) in [6.07, 6.45) is 19.7. The molecule has 0 heterocycles. The molecular weight excluding hydrogens is 206 g/mol. The van der Waals surface area contributed by atoms with Crippen LogP contribution in [0.5, 0.6) is 0 Å². The summed E-state index contributed by atoms with van der Waals surface area (Å²) >= 11 is 0. The third kappa shape index (κ3) is 15.2. The van der Waals surface area contributed by atoms with Gasteiger partial charge in [0.05, 0.1) is 6.07 Å². The van der Waals surface area contributed by atoms with Crippen molar-refractivity contribution in [1.82, 2.24) is 0 Å². The largest absolute Gasteiger partial charge is 0.198 e. The summed E-state index contributed by atoms with van der Waals surface area (Å²) < 4.78 is 0. The predicted molar refractivity (Wildman–Crippen MR) is 75.8 cm³/mol. The van der Waals surface area contributed by atoms with Gasteiger partial charge in [0, 0.05) is 6.42 Å². The van der Waals surface area contributed by atoms with Crippen LogP contribution in [0.3, 0.4) is 0 Å². The Balaban J connectivity index is 3.02. The number of hydrogen-bond donors (Lipinski definition) is 0. The van der Waals surface area contributed by atoms with E-state index in [9.17, 15) is 0 Å². The van der Waals surface area contributed by atoms with Gasteiger partial charge in [0.2, 0.25) is 0 Å². The van der Waals surface area contributed by atoms with Crippen molar-refractivity contribution < 1.29 is 0 Å². The fraction of sp³-hybridized carbons (Fsp3) is 0.812. The molecule has 0 aromatic rings. The molecule has 0 rings (SSSR count). The fourth-order valence-corrected chi connectivity index (χ4v) is 1.92. The van der Waals surface area contributed by atoms with Crippen molar-refractivity contribution in [2.45, 2.75) is 84.0 Å². The van der Waals surface area contributed by atoms with Crippen molar-refractivity contribution in [3.05, 3.63) is 12.2 Å². The fourth-order valence-electron chi connectivity index (χ4n) is 1.92. The zero-order valence-electron chi connectivity index (χ0n) is 11.6. The first-order valence-electron chi connectivity index (χ1n) is 7.43. The van der Waals surface area contributed by atoms with Gasteiger partial charge in [0.25, 0.3) is 0 Å². The van der Waals surface area contributed by atoms with Crippen LogP contribution in [0.1, 0.15) is 84.0 Å². The SMILES string of the molecule is CCCCCCCCC=CCCCCCC#N. The summed E-state index contributed by atoms with van der Waals surface area (Å²) in [7, 11) is 0. The third-order valence-corrected chi connectivity index (χ3v) is 3.05. The van der Waals surface area contributed by atoms with E-state index < -0.39 is 0 Å². The molecule has 0 saturated carbocycles. The molecule has 17 heavy (non-hydrogen) atoms. The molecule has 0 aromatic carbocycles. The van der Waals surface area contributed by atoms with E-state index in [0.29, 0.717) is 0 Å². The summed E-state index contributed by atoms with van der Waals surface area (Å²) in [6, 6.07) is 2.19. The lowest BCUT2D eigenvalue weighted by Crippen LogP contribution is -1.78. The minimum absolute atomic E-state index is 0.724. The number of rotatable bonds is 12. The van der Waals surface area contributed by atoms with Crippen LogP contribution in [-0.4, -0.2) is 0 Å². The Kier molecular flexibility index (Phi) is 14.5. The molecule has 0 saturated heterocycles. The molecular formula is C16H29N. The lowest BCUT2D eigenvalue weighted by molar-refractivity contribution is 0.610. The third-order valence-electron chi connectivity index (χ3n) is 3.05. The number of nitrogens with zero attached hydrogens (tertiary/aromatic N) is 1. The highest BCUT2D eigenvalue weighted by atomic mass is 14.2. The van der Waals surface area contributed by atoms with Crippen LogP contribution in [0, 0.1) is 11.3 Å². The second-order valence-electron chi connectivity index (χ2n) is 4.79. The Morgan fingerprint density at radius 1 is 0.765 bits per heavy atom. The van der Waals surface area contributed by atoms with Crippen molar-refractivity contribution >= 4 is 0 Å². The van der Waals surface area contributed by atoms with Crippen molar-refractivity contribution in [2.24, 2.45) is 0 Å². The standard InChI is InChI=1S/C16H29N/c1-2-3-4-5-6-7-8-9-10-11-12-13-14-15-16-17/h9-10H,2-8,11-15H2,1H3. The smallest absolute Gasteiger partial charge is 0.0621 e. The highest BCUT2D eigenvalue weighted by molar-refractivity contribution is 4.81. The van der Waals surface area contributed by atoms with E-state index in [1.165, 1.54) is 64.2 Å². The minimum atomic E-state index is 0.724. The molecule has 0 aliphatic carbocycles. The predicted octanol–water partition coefficient (Wildman–Crippen LogP) is 5.77. The quantitative estimate of drug-likeness (QED) is 0.311. The van der Waals surface area contributed by atoms with Gasteiger partial charge in [-0.25, -0.2) is 0 Å². The maximum atomic E-state index is 8.38. The van der Waals surface area contributed by atoms with Gasteiger partial charge in [-0.05, 0) is 32.1 Å². The summed E-state index contributed by atoms with van der Waals surface area (Å²) in [5.41, 5.74) is 0. The maximum Gasteiger partial charge on any atom is 0.0621 e. The van der Waals surface area contributed by atoms with Crippen LogP contribution in [-0.2, 0) is 0 Å². The number of nitriles is 1. The van der Waals surface area contributed by atoms with E-state index in [1.807, 2.05) is 0 Å². The first kappa shape index (κ1) is 16.2. The van der Waals surface area contributed by atoms with Gasteiger partial charge in [-0.15, -0.1) is 0 Å². The monoisotopic (exact) mass is 235 g/mol. The number of unbranched alkanes of at least 4 members (excludes halogenated alkanes) is 10. The summed E-state index contributed by atoms with van der Waals surface area (Å²) in [5.74, 6) is 0. The van der Waals surface area contributed by atoms with Gasteiger partial charge >= 0.3 is 0 Å². The number of allylic oxidation sites excluding steroid dienone is 2. The van der Waals surface area contributed by atoms with Crippen molar-refractivity contribution in [1.29, 1.82) is 5.26 Å². The lowest BCUT2D eigenvalue weighted by atomic mass is 10.1. The van der Waals surface area contributed by atoms with Crippen LogP contribution < -0.4 is 0 Å². The van der Waals surface area contributed by atoms with Gasteiger partial charge in [-0.2, -0.15) is 5.26 Å². The van der Waals surface area contributed by atoms with Crippen LogP contribution in [0.2, 0.25) is 0 Å². The normalized spacial score (nSPS) is 10.8. The Morgan fingerprint density at radius 2 is 1.29 bits per heavy atom. The van der Waals surface area contributed by atoms with Crippen molar-refractivity contribution in [3.63, 3.8) is 0 Å². The molecule has 0 aliphatic rings. The van der Waals surface area contributed by atoms with E-state index in [2.05, 4.69) is 25.1 Å². The van der Waals surface area contributed by atoms with Crippen molar-refractivity contribution in [3.8, 4) is 6.07 Å². The van der Waals surface area contributed by atoms with Gasteiger partial charge < -0.3 is 0 Å². The molecule has 0 amide bonds. The molecule has 1 nitrogen and oxygen atoms in total. The van der Waals surface area contributed by atoms with Gasteiger partial charge in [-0.3, -0.25) is 0 Å². The molecule has 0 aromatic heterocycles. The lowest BCUT2D eigenvalue weighted by Gasteiger charge is -1.97. The summed E-state index contributed by atoms with van der Waals surface area (Å²) in [5, 5.41) is 8.38. The maximum absolute atomic E-state index is 8.38. The van der Waals surface area contributed by atoms with Crippen LogP contribution >= 0.6 is 0 Å². The highest BCUT2D eigenvalue weighted by Crippen LogP contribution is 2.08. The van der Waals surface area contributed by atoms with Gasteiger partial charge in [-0.1, -0.05) is 57.6 Å². The Hall–Kier alpha value is -0.770. The molecule has 0 atom stereocenters. The van der Waals surface area contributed by atoms with E-state index >= 15 is 0 Å². The molecule has 98 valence electrons. The topological polar surface area (TPSA) is 23.8 Å². The molecule has 1 heteroatoms. The first-order chi connectivity index (χ1) is 8.41. The second-order valence-corrected chi connectivity index (χ2v) is 4.79. The molecule has 0 N–H and O–H groups in total.